The number of hydrogen-bond donors (Lipinski definition) is 1. The number of thioether (sulfide) groups is 1. The number of oxazole rings is 1. The third kappa shape index (κ3) is 5.19. The molecule has 0 atom stereocenters. The van der Waals surface area contributed by atoms with Gasteiger partial charge in [-0.3, -0.25) is 9.59 Å². The van der Waals surface area contributed by atoms with Crippen molar-refractivity contribution in [1.29, 1.82) is 0 Å². The van der Waals surface area contributed by atoms with Crippen molar-refractivity contribution in [1.82, 2.24) is 9.88 Å². The molecule has 0 unspecified atom stereocenters. The van der Waals surface area contributed by atoms with Crippen molar-refractivity contribution >= 4 is 46.1 Å². The predicted octanol–water partition coefficient (Wildman–Crippen LogP) is 3.86. The van der Waals surface area contributed by atoms with E-state index in [0.29, 0.717) is 5.22 Å². The first-order valence-corrected chi connectivity index (χ1v) is 11.4. The number of para-hydroxylation sites is 2. The number of carbonyl (C=O) groups excluding carboxylic acids is 2. The summed E-state index contributed by atoms with van der Waals surface area (Å²) in [6.45, 7) is 6.97. The number of amides is 2. The van der Waals surface area contributed by atoms with Crippen molar-refractivity contribution in [3.63, 3.8) is 0 Å². The number of hydrogen-bond acceptors (Lipinski definition) is 6. The summed E-state index contributed by atoms with van der Waals surface area (Å²) in [5.74, 6) is 0.366. The van der Waals surface area contributed by atoms with Gasteiger partial charge in [-0.05, 0) is 36.4 Å². The third-order valence-corrected chi connectivity index (χ3v) is 6.03. The molecular weight excluding hydrogens is 412 g/mol. The van der Waals surface area contributed by atoms with Crippen molar-refractivity contribution in [2.45, 2.75) is 19.1 Å². The molecule has 3 aromatic rings. The van der Waals surface area contributed by atoms with Crippen LogP contribution in [-0.4, -0.2) is 53.6 Å². The maximum atomic E-state index is 12.3. The second-order valence-corrected chi connectivity index (χ2v) is 8.72. The highest BCUT2D eigenvalue weighted by atomic mass is 32.2. The molecule has 0 aliphatic carbocycles. The number of nitrogens with zero attached hydrogens (tertiary/aromatic N) is 3. The van der Waals surface area contributed by atoms with E-state index in [2.05, 4.69) is 15.2 Å². The second kappa shape index (κ2) is 9.43. The number of nitrogens with one attached hydrogen (secondary N) is 1. The van der Waals surface area contributed by atoms with E-state index in [1.165, 1.54) is 11.8 Å². The monoisotopic (exact) mass is 438 g/mol. The molecule has 1 fully saturated rings. The average Bonchev–Trinajstić information content (AvgIpc) is 3.21. The Labute approximate surface area is 185 Å². The summed E-state index contributed by atoms with van der Waals surface area (Å²) in [6, 6.07) is 15.4. The van der Waals surface area contributed by atoms with Crippen LogP contribution < -0.4 is 10.2 Å². The van der Waals surface area contributed by atoms with Crippen LogP contribution >= 0.6 is 11.8 Å². The van der Waals surface area contributed by atoms with E-state index in [0.717, 1.165) is 48.7 Å². The molecule has 1 aliphatic heterocycles. The SMILES string of the molecule is CC(C)C(=O)N1CCN(c2ccc(NC(=O)CSc3nc4ccccc4o3)cc2)CC1. The van der Waals surface area contributed by atoms with Crippen molar-refractivity contribution in [2.75, 3.05) is 42.1 Å². The maximum Gasteiger partial charge on any atom is 0.257 e. The van der Waals surface area contributed by atoms with E-state index in [4.69, 9.17) is 4.42 Å². The zero-order valence-corrected chi connectivity index (χ0v) is 18.5. The minimum absolute atomic E-state index is 0.0373. The minimum Gasteiger partial charge on any atom is -0.431 e. The fraction of sp³-hybridized carbons (Fsp3) is 0.348. The first kappa shape index (κ1) is 21.2. The molecule has 0 spiro atoms. The van der Waals surface area contributed by atoms with Gasteiger partial charge in [0.15, 0.2) is 5.58 Å². The summed E-state index contributed by atoms with van der Waals surface area (Å²) >= 11 is 1.27. The standard InChI is InChI=1S/C23H26N4O3S/c1-16(2)22(29)27-13-11-26(12-14-27)18-9-7-17(8-10-18)24-21(28)15-31-23-25-19-5-3-4-6-20(19)30-23/h3-10,16H,11-15H2,1-2H3,(H,24,28). The number of piperazine rings is 1. The van der Waals surface area contributed by atoms with Gasteiger partial charge in [0.25, 0.3) is 5.22 Å². The number of carbonyl (C=O) groups is 2. The highest BCUT2D eigenvalue weighted by molar-refractivity contribution is 7.99. The van der Waals surface area contributed by atoms with Gasteiger partial charge in [0.1, 0.15) is 5.52 Å². The fourth-order valence-corrected chi connectivity index (χ4v) is 4.18. The van der Waals surface area contributed by atoms with Crippen LogP contribution in [0.1, 0.15) is 13.8 Å². The number of anilines is 2. The van der Waals surface area contributed by atoms with E-state index in [1.54, 1.807) is 0 Å². The minimum atomic E-state index is -0.110. The van der Waals surface area contributed by atoms with Gasteiger partial charge in [0, 0.05) is 43.5 Å². The molecule has 0 bridgehead atoms. The van der Waals surface area contributed by atoms with Crippen LogP contribution in [0, 0.1) is 5.92 Å². The summed E-state index contributed by atoms with van der Waals surface area (Å²) in [5, 5.41) is 3.40. The smallest absolute Gasteiger partial charge is 0.257 e. The predicted molar refractivity (Wildman–Crippen MR) is 123 cm³/mol. The molecule has 2 amide bonds. The van der Waals surface area contributed by atoms with Crippen LogP contribution in [0.25, 0.3) is 11.1 Å². The van der Waals surface area contributed by atoms with E-state index < -0.39 is 0 Å². The van der Waals surface area contributed by atoms with Crippen LogP contribution in [0.2, 0.25) is 0 Å². The van der Waals surface area contributed by atoms with Crippen LogP contribution in [0.5, 0.6) is 0 Å². The quantitative estimate of drug-likeness (QED) is 0.589. The topological polar surface area (TPSA) is 78.7 Å². The molecule has 8 heteroatoms. The van der Waals surface area contributed by atoms with Crippen molar-refractivity contribution in [2.24, 2.45) is 5.92 Å². The number of fused-ring (bicyclic) bond motifs is 1. The van der Waals surface area contributed by atoms with Crippen molar-refractivity contribution in [3.8, 4) is 0 Å². The van der Waals surface area contributed by atoms with Crippen molar-refractivity contribution in [3.05, 3.63) is 48.5 Å². The lowest BCUT2D eigenvalue weighted by Gasteiger charge is -2.37. The van der Waals surface area contributed by atoms with Gasteiger partial charge in [-0.15, -0.1) is 0 Å². The Morgan fingerprint density at radius 3 is 2.45 bits per heavy atom. The Kier molecular flexibility index (Phi) is 6.46. The van der Waals surface area contributed by atoms with Crippen LogP contribution in [-0.2, 0) is 9.59 Å². The van der Waals surface area contributed by atoms with Gasteiger partial charge in [0.05, 0.1) is 5.75 Å². The van der Waals surface area contributed by atoms with E-state index >= 15 is 0 Å². The molecule has 7 nitrogen and oxygen atoms in total. The largest absolute Gasteiger partial charge is 0.431 e. The molecule has 31 heavy (non-hydrogen) atoms. The van der Waals surface area contributed by atoms with Gasteiger partial charge in [0.2, 0.25) is 11.8 Å². The van der Waals surface area contributed by atoms with Crippen LogP contribution in [0.15, 0.2) is 58.2 Å². The zero-order valence-electron chi connectivity index (χ0n) is 17.7. The number of aromatic nitrogens is 1. The molecule has 2 aromatic carbocycles. The summed E-state index contributed by atoms with van der Waals surface area (Å²) in [4.78, 5) is 33.0. The summed E-state index contributed by atoms with van der Waals surface area (Å²) in [6.07, 6.45) is 0. The van der Waals surface area contributed by atoms with Crippen LogP contribution in [0.3, 0.4) is 0 Å². The molecule has 1 aliphatic rings. The molecule has 1 N–H and O–H groups in total. The third-order valence-electron chi connectivity index (χ3n) is 5.20. The number of rotatable bonds is 6. The Morgan fingerprint density at radius 1 is 1.06 bits per heavy atom. The Balaban J connectivity index is 1.26. The summed E-state index contributed by atoms with van der Waals surface area (Å²) in [7, 11) is 0. The van der Waals surface area contributed by atoms with Gasteiger partial charge in [-0.2, -0.15) is 0 Å². The summed E-state index contributed by atoms with van der Waals surface area (Å²) < 4.78 is 5.63. The van der Waals surface area contributed by atoms with E-state index in [-0.39, 0.29) is 23.5 Å². The zero-order chi connectivity index (χ0) is 21.8. The van der Waals surface area contributed by atoms with Crippen molar-refractivity contribution < 1.29 is 14.0 Å². The molecular formula is C23H26N4O3S. The molecule has 0 saturated carbocycles. The highest BCUT2D eigenvalue weighted by Crippen LogP contribution is 2.24. The lowest BCUT2D eigenvalue weighted by Crippen LogP contribution is -2.49. The first-order valence-electron chi connectivity index (χ1n) is 10.4. The molecule has 4 rings (SSSR count). The maximum absolute atomic E-state index is 12.3. The number of benzene rings is 2. The van der Waals surface area contributed by atoms with Gasteiger partial charge in [-0.25, -0.2) is 4.98 Å². The molecule has 162 valence electrons. The summed E-state index contributed by atoms with van der Waals surface area (Å²) in [5.41, 5.74) is 3.35. The molecule has 1 aromatic heterocycles. The fourth-order valence-electron chi connectivity index (χ4n) is 3.54. The Bertz CT molecular complexity index is 1020. The lowest BCUT2D eigenvalue weighted by atomic mass is 10.1. The molecule has 1 saturated heterocycles. The van der Waals surface area contributed by atoms with Gasteiger partial charge >= 0.3 is 0 Å². The Hall–Kier alpha value is -3.00. The normalized spacial score (nSPS) is 14.3. The Morgan fingerprint density at radius 2 is 1.77 bits per heavy atom. The first-order chi connectivity index (χ1) is 15.0. The average molecular weight is 439 g/mol. The van der Waals surface area contributed by atoms with E-state index in [9.17, 15) is 9.59 Å². The van der Waals surface area contributed by atoms with Gasteiger partial charge in [-0.1, -0.05) is 37.7 Å². The molecule has 0 radical (unpaired) electrons. The molecule has 2 heterocycles. The highest BCUT2D eigenvalue weighted by Gasteiger charge is 2.22. The van der Waals surface area contributed by atoms with Crippen LogP contribution in [0.4, 0.5) is 11.4 Å². The second-order valence-electron chi connectivity index (χ2n) is 7.80. The lowest BCUT2D eigenvalue weighted by molar-refractivity contribution is -0.134. The van der Waals surface area contributed by atoms with E-state index in [1.807, 2.05) is 67.3 Å². The van der Waals surface area contributed by atoms with Gasteiger partial charge < -0.3 is 19.5 Å².